The predicted molar refractivity (Wildman–Crippen MR) is 127 cm³/mol. The second-order valence-electron chi connectivity index (χ2n) is 8.34. The van der Waals surface area contributed by atoms with E-state index in [1.165, 1.54) is 11.1 Å². The van der Waals surface area contributed by atoms with Crippen molar-refractivity contribution in [2.24, 2.45) is 0 Å². The van der Waals surface area contributed by atoms with Crippen molar-refractivity contribution in [1.29, 1.82) is 0 Å². The Kier molecular flexibility index (Phi) is 5.39. The van der Waals surface area contributed by atoms with Gasteiger partial charge in [-0.15, -0.1) is 0 Å². The van der Waals surface area contributed by atoms with Crippen LogP contribution in [0.4, 0.5) is 5.69 Å². The Morgan fingerprint density at radius 2 is 1.75 bits per heavy atom. The highest BCUT2D eigenvalue weighted by atomic mass is 16.5. The van der Waals surface area contributed by atoms with Crippen molar-refractivity contribution in [3.63, 3.8) is 0 Å². The van der Waals surface area contributed by atoms with E-state index in [1.54, 1.807) is 0 Å². The molecule has 1 aliphatic heterocycles. The molecule has 0 radical (unpaired) electrons. The number of aryl methyl sites for hydroxylation is 1. The van der Waals surface area contributed by atoms with Crippen LogP contribution in [-0.2, 0) is 11.3 Å². The van der Waals surface area contributed by atoms with Crippen LogP contribution >= 0.6 is 0 Å². The van der Waals surface area contributed by atoms with E-state index in [-0.39, 0.29) is 11.8 Å². The van der Waals surface area contributed by atoms with Gasteiger partial charge in [-0.3, -0.25) is 4.79 Å². The summed E-state index contributed by atoms with van der Waals surface area (Å²) in [6.07, 6.45) is 0.442. The van der Waals surface area contributed by atoms with Crippen LogP contribution in [0.5, 0.6) is 5.75 Å². The third-order valence-corrected chi connectivity index (χ3v) is 6.09. The third-order valence-electron chi connectivity index (χ3n) is 6.09. The fraction of sp³-hybridized carbons (Fsp3) is 0.259. The number of fused-ring (bicyclic) bond motifs is 1. The zero-order chi connectivity index (χ0) is 22.1. The Morgan fingerprint density at radius 3 is 2.56 bits per heavy atom. The summed E-state index contributed by atoms with van der Waals surface area (Å²) in [6, 6.07) is 24.6. The van der Waals surface area contributed by atoms with Crippen molar-refractivity contribution >= 4 is 22.6 Å². The summed E-state index contributed by atoms with van der Waals surface area (Å²) in [4.78, 5) is 19.9. The Labute approximate surface area is 188 Å². The fourth-order valence-corrected chi connectivity index (χ4v) is 4.52. The molecule has 0 bridgehead atoms. The molecule has 0 spiro atoms. The molecule has 32 heavy (non-hydrogen) atoms. The molecule has 2 heterocycles. The molecule has 4 aromatic rings. The summed E-state index contributed by atoms with van der Waals surface area (Å²) in [5, 5.41) is 0. The Bertz CT molecular complexity index is 1260. The average molecular weight is 426 g/mol. The van der Waals surface area contributed by atoms with Gasteiger partial charge in [-0.1, -0.05) is 54.1 Å². The van der Waals surface area contributed by atoms with Gasteiger partial charge >= 0.3 is 0 Å². The Hall–Kier alpha value is -3.60. The van der Waals surface area contributed by atoms with Gasteiger partial charge in [0.15, 0.2) is 0 Å². The molecular weight excluding hydrogens is 398 g/mol. The summed E-state index contributed by atoms with van der Waals surface area (Å²) < 4.78 is 8.06. The smallest absolute Gasteiger partial charge is 0.227 e. The molecule has 162 valence electrons. The van der Waals surface area contributed by atoms with Gasteiger partial charge < -0.3 is 14.2 Å². The van der Waals surface area contributed by atoms with Crippen molar-refractivity contribution in [2.45, 2.75) is 32.7 Å². The highest BCUT2D eigenvalue weighted by Crippen LogP contribution is 2.37. The van der Waals surface area contributed by atoms with Crippen molar-refractivity contribution in [3.8, 4) is 5.75 Å². The quantitative estimate of drug-likeness (QED) is 0.420. The number of hydrogen-bond donors (Lipinski definition) is 0. The topological polar surface area (TPSA) is 47.4 Å². The molecule has 1 fully saturated rings. The number of para-hydroxylation sites is 4. The van der Waals surface area contributed by atoms with Gasteiger partial charge in [0.1, 0.15) is 11.6 Å². The van der Waals surface area contributed by atoms with E-state index < -0.39 is 0 Å². The fourth-order valence-electron chi connectivity index (χ4n) is 4.52. The number of amides is 1. The number of benzene rings is 3. The second kappa shape index (κ2) is 8.50. The minimum absolute atomic E-state index is 0.0232. The molecule has 1 saturated heterocycles. The monoisotopic (exact) mass is 425 g/mol. The maximum absolute atomic E-state index is 13.1. The predicted octanol–water partition coefficient (Wildman–Crippen LogP) is 5.31. The van der Waals surface area contributed by atoms with Crippen LogP contribution in [0.3, 0.4) is 0 Å². The van der Waals surface area contributed by atoms with E-state index in [2.05, 4.69) is 41.8 Å². The largest absolute Gasteiger partial charge is 0.492 e. The van der Waals surface area contributed by atoms with Crippen LogP contribution in [0, 0.1) is 6.92 Å². The van der Waals surface area contributed by atoms with Gasteiger partial charge in [0.05, 0.1) is 23.3 Å². The minimum atomic E-state index is 0.0232. The molecule has 0 N–H and O–H groups in total. The Balaban J connectivity index is 1.51. The molecule has 1 amide bonds. The molecule has 1 aliphatic rings. The first-order valence-electron chi connectivity index (χ1n) is 11.2. The van der Waals surface area contributed by atoms with Crippen LogP contribution in [-0.4, -0.2) is 28.6 Å². The van der Waals surface area contributed by atoms with Crippen LogP contribution in [0.15, 0.2) is 72.8 Å². The van der Waals surface area contributed by atoms with E-state index in [1.807, 2.05) is 54.3 Å². The van der Waals surface area contributed by atoms with Crippen molar-refractivity contribution < 1.29 is 9.53 Å². The summed E-state index contributed by atoms with van der Waals surface area (Å²) in [5.74, 6) is 1.85. The highest BCUT2D eigenvalue weighted by molar-refractivity contribution is 5.97. The van der Waals surface area contributed by atoms with Crippen molar-refractivity contribution in [2.75, 3.05) is 18.1 Å². The zero-order valence-electron chi connectivity index (χ0n) is 18.5. The van der Waals surface area contributed by atoms with E-state index >= 15 is 0 Å². The summed E-state index contributed by atoms with van der Waals surface area (Å²) in [5.41, 5.74) is 5.37. The highest BCUT2D eigenvalue weighted by Gasteiger charge is 2.36. The standard InChI is InChI=1S/C27H27N3O2/c1-3-32-25-11-7-6-10-24(25)29-18-21(16-26(29)31)27-28-22-8-4-5-9-23(22)30(27)17-20-14-12-19(2)13-15-20/h4-15,21H,3,16-18H2,1-2H3/t21-/m1/s1. The minimum Gasteiger partial charge on any atom is -0.492 e. The maximum Gasteiger partial charge on any atom is 0.227 e. The number of rotatable bonds is 6. The van der Waals surface area contributed by atoms with Crippen LogP contribution in [0.25, 0.3) is 11.0 Å². The number of nitrogens with zero attached hydrogens (tertiary/aromatic N) is 3. The molecule has 5 nitrogen and oxygen atoms in total. The lowest BCUT2D eigenvalue weighted by atomic mass is 10.1. The van der Waals surface area contributed by atoms with E-state index in [4.69, 9.17) is 9.72 Å². The van der Waals surface area contributed by atoms with Crippen molar-refractivity contribution in [3.05, 3.63) is 89.7 Å². The first kappa shape index (κ1) is 20.3. The number of imidazole rings is 1. The molecule has 1 aromatic heterocycles. The van der Waals surface area contributed by atoms with E-state index in [0.717, 1.165) is 34.8 Å². The first-order chi connectivity index (χ1) is 15.6. The van der Waals surface area contributed by atoms with Crippen molar-refractivity contribution in [1.82, 2.24) is 9.55 Å². The van der Waals surface area contributed by atoms with Gasteiger partial charge in [0.25, 0.3) is 0 Å². The molecule has 0 aliphatic carbocycles. The van der Waals surface area contributed by atoms with Gasteiger partial charge in [0.2, 0.25) is 5.91 Å². The summed E-state index contributed by atoms with van der Waals surface area (Å²) in [7, 11) is 0. The molecule has 0 saturated carbocycles. The maximum atomic E-state index is 13.1. The molecule has 5 heteroatoms. The van der Waals surface area contributed by atoms with Crippen LogP contribution in [0.2, 0.25) is 0 Å². The third kappa shape index (κ3) is 3.75. The Morgan fingerprint density at radius 1 is 1.00 bits per heavy atom. The molecule has 1 atom stereocenters. The molecule has 3 aromatic carbocycles. The number of anilines is 1. The van der Waals surface area contributed by atoms with Gasteiger partial charge in [-0.25, -0.2) is 4.98 Å². The summed E-state index contributed by atoms with van der Waals surface area (Å²) in [6.45, 7) is 5.95. The van der Waals surface area contributed by atoms with E-state index in [0.29, 0.717) is 19.6 Å². The number of carbonyl (C=O) groups is 1. The summed E-state index contributed by atoms with van der Waals surface area (Å²) >= 11 is 0. The number of carbonyl (C=O) groups excluding carboxylic acids is 1. The lowest BCUT2D eigenvalue weighted by Gasteiger charge is -2.20. The molecule has 5 rings (SSSR count). The van der Waals surface area contributed by atoms with Gasteiger partial charge in [-0.05, 0) is 43.7 Å². The number of ether oxygens (including phenoxy) is 1. The first-order valence-corrected chi connectivity index (χ1v) is 11.2. The number of aromatic nitrogens is 2. The van der Waals surface area contributed by atoms with E-state index in [9.17, 15) is 4.79 Å². The van der Waals surface area contributed by atoms with Gasteiger partial charge in [-0.2, -0.15) is 0 Å². The second-order valence-corrected chi connectivity index (χ2v) is 8.34. The lowest BCUT2D eigenvalue weighted by molar-refractivity contribution is -0.117. The van der Waals surface area contributed by atoms with Crippen LogP contribution in [0.1, 0.15) is 36.2 Å². The SMILES string of the molecule is CCOc1ccccc1N1C[C@H](c2nc3ccccc3n2Cc2ccc(C)cc2)CC1=O. The molecule has 0 unspecified atom stereocenters. The zero-order valence-corrected chi connectivity index (χ0v) is 18.5. The van der Waals surface area contributed by atoms with Crippen LogP contribution < -0.4 is 9.64 Å². The lowest BCUT2D eigenvalue weighted by Crippen LogP contribution is -2.25. The number of hydrogen-bond acceptors (Lipinski definition) is 3. The molecular formula is C27H27N3O2. The normalized spacial score (nSPS) is 16.1. The van der Waals surface area contributed by atoms with Gasteiger partial charge in [0, 0.05) is 25.4 Å². The average Bonchev–Trinajstić information content (AvgIpc) is 3.36.